The van der Waals surface area contributed by atoms with Crippen molar-refractivity contribution < 1.29 is 39.4 Å². The largest absolute Gasteiger partial charge is 0.166 e. The van der Waals surface area contributed by atoms with Crippen LogP contribution in [0.1, 0.15) is 0 Å². The van der Waals surface area contributed by atoms with E-state index in [0.717, 1.165) is 0 Å². The third-order valence-corrected chi connectivity index (χ3v) is 0. The van der Waals surface area contributed by atoms with Crippen LogP contribution < -0.4 is 0 Å². The van der Waals surface area contributed by atoms with Gasteiger partial charge in [0.25, 0.3) is 0 Å². The Morgan fingerprint density at radius 3 is 1.25 bits per heavy atom. The van der Waals surface area contributed by atoms with Crippen molar-refractivity contribution in [3.05, 3.63) is 0 Å². The predicted octanol–water partition coefficient (Wildman–Crippen LogP) is 1.31. The summed E-state index contributed by atoms with van der Waals surface area (Å²) < 4.78 is 3.19. The van der Waals surface area contributed by atoms with E-state index in [0.29, 0.717) is 0 Å². The normalized spacial score (nSPS) is 4.50. The van der Waals surface area contributed by atoms with E-state index in [1.165, 1.54) is 0 Å². The molecule has 0 atom stereocenters. The van der Waals surface area contributed by atoms with Crippen LogP contribution in [0, 0.1) is 35.6 Å². The minimum Gasteiger partial charge on any atom is -0.166 e. The molecule has 0 rings (SSSR count). The summed E-state index contributed by atoms with van der Waals surface area (Å²) in [6, 6.07) is 0. The van der Waals surface area contributed by atoms with Crippen LogP contribution in [-0.2, 0) is 3.84 Å². The molecule has 0 aromatic rings. The molecule has 4 heavy (non-hydrogen) atoms. The van der Waals surface area contributed by atoms with Crippen molar-refractivity contribution in [2.75, 3.05) is 0 Å². The minimum absolute atomic E-state index is 0. The Balaban J connectivity index is 0. The Labute approximate surface area is 62.5 Å². The third kappa shape index (κ3) is 9.28. The summed E-state index contributed by atoms with van der Waals surface area (Å²) in [4.78, 5) is 0. The quantitative estimate of drug-likeness (QED) is 0.604. The molecule has 0 bridgehead atoms. The molecule has 23 valence electrons. The van der Waals surface area contributed by atoms with Gasteiger partial charge < -0.3 is 0 Å². The van der Waals surface area contributed by atoms with E-state index in [-0.39, 0.29) is 35.6 Å². The van der Waals surface area contributed by atoms with Gasteiger partial charge in [0.05, 0.1) is 23.7 Å². The Morgan fingerprint density at radius 1 is 1.25 bits per heavy atom. The van der Waals surface area contributed by atoms with Crippen molar-refractivity contribution in [3.8, 4) is 0 Å². The van der Waals surface area contributed by atoms with Crippen molar-refractivity contribution in [2.45, 2.75) is 0 Å². The van der Waals surface area contributed by atoms with Gasteiger partial charge in [-0.1, -0.05) is 0 Å². The molecule has 0 aliphatic heterocycles. The van der Waals surface area contributed by atoms with E-state index in [1.54, 1.807) is 0 Å². The second-order valence-electron chi connectivity index (χ2n) is 0.0583. The zero-order valence-electron chi connectivity index (χ0n) is 1.74. The van der Waals surface area contributed by atoms with Gasteiger partial charge in [-0.2, -0.15) is 3.84 Å². The smallest absolute Gasteiger partial charge is 0.0832 e. The average Bonchev–Trinajstić information content (AvgIpc) is 0.918. The molecule has 0 spiro atoms. The summed E-state index contributed by atoms with van der Waals surface area (Å²) in [5, 5.41) is 0. The Hall–Kier alpha value is 1.73. The maximum Gasteiger partial charge on any atom is 0.0832 e. The Kier molecular flexibility index (Phi) is 20.3. The van der Waals surface area contributed by atoms with E-state index >= 15 is 0 Å². The first-order chi connectivity index (χ1) is 1.41. The molecule has 0 aliphatic carbocycles. The first-order valence-electron chi connectivity index (χ1n) is 0.309. The van der Waals surface area contributed by atoms with E-state index in [9.17, 15) is 0 Å². The van der Waals surface area contributed by atoms with Crippen molar-refractivity contribution in [3.63, 3.8) is 0 Å². The first-order valence-corrected chi connectivity index (χ1v) is 0.926. The molecular weight excluding hydrogens is 226 g/mol. The fraction of sp³-hybridized carbons (Fsp3) is 0. The summed E-state index contributed by atoms with van der Waals surface area (Å²) in [5.74, 6) is 0. The molecule has 0 unspecified atom stereocenters. The van der Waals surface area contributed by atoms with Crippen molar-refractivity contribution in [1.82, 2.24) is 0 Å². The van der Waals surface area contributed by atoms with Crippen molar-refractivity contribution in [2.24, 2.45) is 0 Å². The third-order valence-electron chi connectivity index (χ3n) is 0. The minimum atomic E-state index is 0. The number of rotatable bonds is 0. The summed E-state index contributed by atoms with van der Waals surface area (Å²) in [6.45, 7) is 0. The second-order valence-corrected chi connectivity index (χ2v) is 0.525. The van der Waals surface area contributed by atoms with Gasteiger partial charge in [0.2, 0.25) is 0 Å². The molecule has 0 heterocycles. The number of halogens is 2. The van der Waals surface area contributed by atoms with Crippen molar-refractivity contribution >= 4 is 23.7 Å². The first kappa shape index (κ1) is 9.22. The van der Waals surface area contributed by atoms with Gasteiger partial charge in [-0.25, -0.2) is 0 Å². The zero-order valence-corrected chi connectivity index (χ0v) is 6.88. The van der Waals surface area contributed by atoms with Gasteiger partial charge in [0.15, 0.2) is 0 Å². The molecule has 0 aliphatic rings. The van der Waals surface area contributed by atoms with E-state index in [2.05, 4.69) is 27.6 Å². The van der Waals surface area contributed by atoms with Gasteiger partial charge in [-0.05, 0) is 0 Å². The molecule has 0 fully saturated rings. The Bertz CT molecular complexity index is 6.00. The van der Waals surface area contributed by atoms with Crippen LogP contribution in [0.3, 0.4) is 0 Å². The van der Waals surface area contributed by atoms with Crippen LogP contribution >= 0.6 is 23.7 Å². The summed E-state index contributed by atoms with van der Waals surface area (Å²) >= 11 is 8.53. The molecule has 1 radical (unpaired) electrons. The van der Waals surface area contributed by atoms with Crippen molar-refractivity contribution in [1.29, 1.82) is 0 Å². The monoisotopic (exact) mass is 225 g/mol. The number of hydrogen-bond acceptors (Lipinski definition) is 1. The fourth-order valence-electron chi connectivity index (χ4n) is 0. The molecular formula is Cl2LaO. The predicted molar refractivity (Wildman–Crippen MR) is 12.8 cm³/mol. The summed E-state index contributed by atoms with van der Waals surface area (Å²) in [7, 11) is 0. The molecule has 0 saturated heterocycles. The van der Waals surface area contributed by atoms with Gasteiger partial charge in [-0.3, -0.25) is 0 Å². The van der Waals surface area contributed by atoms with E-state index < -0.39 is 0 Å². The van der Waals surface area contributed by atoms with Crippen LogP contribution in [0.5, 0.6) is 0 Å². The molecule has 1 nitrogen and oxygen atoms in total. The summed E-state index contributed by atoms with van der Waals surface area (Å²) in [6.07, 6.45) is 0. The molecule has 0 saturated carbocycles. The van der Waals surface area contributed by atoms with Gasteiger partial charge in [0.1, 0.15) is 0 Å². The second kappa shape index (κ2) is 8.83. The Morgan fingerprint density at radius 2 is 1.25 bits per heavy atom. The fourth-order valence-corrected chi connectivity index (χ4v) is 0. The average molecular weight is 226 g/mol. The van der Waals surface area contributed by atoms with E-state index in [1.807, 2.05) is 0 Å². The zero-order chi connectivity index (χ0) is 2.71. The number of hydrogen-bond donors (Lipinski definition) is 0. The molecule has 0 amide bonds. The van der Waals surface area contributed by atoms with Gasteiger partial charge in [0, 0.05) is 35.6 Å². The van der Waals surface area contributed by atoms with Crippen LogP contribution in [0.4, 0.5) is 0 Å². The maximum atomic E-state index is 4.26. The van der Waals surface area contributed by atoms with E-state index in [4.69, 9.17) is 0 Å². The van der Waals surface area contributed by atoms with Crippen LogP contribution in [0.15, 0.2) is 0 Å². The molecule has 4 heteroatoms. The topological polar surface area (TPSA) is 9.23 Å². The molecule has 0 N–H and O–H groups in total. The summed E-state index contributed by atoms with van der Waals surface area (Å²) in [5.41, 5.74) is 0. The standard InChI is InChI=1S/Cl2O.La/c1-3-2;. The van der Waals surface area contributed by atoms with Gasteiger partial charge >= 0.3 is 0 Å². The van der Waals surface area contributed by atoms with Gasteiger partial charge in [-0.15, -0.1) is 0 Å². The SMILES string of the molecule is ClOCl.[La]. The molecule has 0 aromatic carbocycles. The molecule has 0 aromatic heterocycles. The van der Waals surface area contributed by atoms with Crippen LogP contribution in [-0.4, -0.2) is 0 Å². The van der Waals surface area contributed by atoms with Crippen LogP contribution in [0.25, 0.3) is 0 Å². The van der Waals surface area contributed by atoms with Crippen LogP contribution in [0.2, 0.25) is 0 Å². The maximum absolute atomic E-state index is 4.26.